The zero-order valence-corrected chi connectivity index (χ0v) is 24.2. The third kappa shape index (κ3) is 7.16. The van der Waals surface area contributed by atoms with Crippen molar-refractivity contribution in [2.45, 2.75) is 49.1 Å². The molecule has 1 N–H and O–H groups in total. The number of methoxy groups -OCH3 is 1. The molecule has 3 aromatic rings. The molecule has 1 aromatic carbocycles. The van der Waals surface area contributed by atoms with Gasteiger partial charge in [-0.2, -0.15) is 17.5 Å². The summed E-state index contributed by atoms with van der Waals surface area (Å²) in [7, 11) is -2.36. The summed E-state index contributed by atoms with van der Waals surface area (Å²) < 4.78 is 71.0. The van der Waals surface area contributed by atoms with E-state index in [2.05, 4.69) is 15.3 Å². The van der Waals surface area contributed by atoms with Crippen LogP contribution in [0.15, 0.2) is 41.3 Å². The van der Waals surface area contributed by atoms with Crippen molar-refractivity contribution < 1.29 is 31.1 Å². The zero-order valence-electron chi connectivity index (χ0n) is 22.6. The molecule has 9 nitrogen and oxygen atoms in total. The quantitative estimate of drug-likeness (QED) is 0.368. The minimum Gasteiger partial charge on any atom is -0.481 e. The number of pyridine rings is 1. The van der Waals surface area contributed by atoms with Gasteiger partial charge >= 0.3 is 6.18 Å². The molecule has 1 unspecified atom stereocenters. The number of hydrogen-bond donors (Lipinski definition) is 1. The highest BCUT2D eigenvalue weighted by molar-refractivity contribution is 7.89. The first-order valence-electron chi connectivity index (χ1n) is 13.5. The molecule has 1 amide bonds. The number of nitrogens with zero attached hydrogens (tertiary/aromatic N) is 4. The number of aromatic nitrogens is 2. The van der Waals surface area contributed by atoms with Crippen LogP contribution in [-0.4, -0.2) is 79.5 Å². The molecule has 2 fully saturated rings. The SMILES string of the molecule is COc1ccc2nc(NC(=O)C(CC3CCCC3)c3ccc(S(=O)(=O)N4CCN(CC(F)(F)F)CC4)cc3)sc2n1. The van der Waals surface area contributed by atoms with Crippen molar-refractivity contribution in [1.29, 1.82) is 0 Å². The second kappa shape index (κ2) is 12.2. The predicted octanol–water partition coefficient (Wildman–Crippen LogP) is 4.87. The van der Waals surface area contributed by atoms with Gasteiger partial charge in [0.05, 0.1) is 24.5 Å². The van der Waals surface area contributed by atoms with Gasteiger partial charge in [-0.25, -0.2) is 18.4 Å². The number of halogens is 3. The third-order valence-electron chi connectivity index (χ3n) is 7.68. The predicted molar refractivity (Wildman–Crippen MR) is 150 cm³/mol. The number of carbonyl (C=O) groups is 1. The average Bonchev–Trinajstić information content (AvgIpc) is 3.60. The molecular weight excluding hydrogens is 579 g/mol. The molecule has 14 heteroatoms. The van der Waals surface area contributed by atoms with Crippen molar-refractivity contribution in [3.8, 4) is 5.88 Å². The molecule has 2 aromatic heterocycles. The second-order valence-electron chi connectivity index (χ2n) is 10.5. The summed E-state index contributed by atoms with van der Waals surface area (Å²) in [6.45, 7) is -1.07. The molecular formula is C27H32F3N5O4S2. The summed E-state index contributed by atoms with van der Waals surface area (Å²) in [5.41, 5.74) is 1.34. The fourth-order valence-corrected chi connectivity index (χ4v) is 7.79. The van der Waals surface area contributed by atoms with Crippen LogP contribution in [0.1, 0.15) is 43.6 Å². The van der Waals surface area contributed by atoms with Crippen molar-refractivity contribution in [2.75, 3.05) is 45.2 Å². The highest BCUT2D eigenvalue weighted by Gasteiger charge is 2.35. The number of piperazine rings is 1. The molecule has 1 saturated carbocycles. The highest BCUT2D eigenvalue weighted by atomic mass is 32.2. The Balaban J connectivity index is 1.31. The van der Waals surface area contributed by atoms with Gasteiger partial charge < -0.3 is 10.1 Å². The van der Waals surface area contributed by atoms with E-state index >= 15 is 0 Å². The normalized spacial score (nSPS) is 18.5. The lowest BCUT2D eigenvalue weighted by Gasteiger charge is -2.34. The Labute approximate surface area is 240 Å². The molecule has 5 rings (SSSR count). The van der Waals surface area contributed by atoms with Crippen LogP contribution in [-0.2, 0) is 14.8 Å². The van der Waals surface area contributed by atoms with Crippen LogP contribution in [0.2, 0.25) is 0 Å². The van der Waals surface area contributed by atoms with Crippen molar-refractivity contribution in [1.82, 2.24) is 19.2 Å². The lowest BCUT2D eigenvalue weighted by atomic mass is 9.87. The summed E-state index contributed by atoms with van der Waals surface area (Å²) in [5, 5.41) is 3.36. The van der Waals surface area contributed by atoms with Crippen molar-refractivity contribution >= 4 is 42.7 Å². The van der Waals surface area contributed by atoms with Crippen LogP contribution in [0, 0.1) is 5.92 Å². The lowest BCUT2D eigenvalue weighted by Crippen LogP contribution is -2.50. The number of rotatable bonds is 9. The summed E-state index contributed by atoms with van der Waals surface area (Å²) >= 11 is 1.25. The molecule has 2 aliphatic rings. The number of benzene rings is 1. The minimum atomic E-state index is -4.32. The largest absolute Gasteiger partial charge is 0.481 e. The van der Waals surface area contributed by atoms with Crippen LogP contribution in [0.4, 0.5) is 18.3 Å². The standard InChI is InChI=1S/C27H32F3N5O4S2/c1-39-23-11-10-22-25(32-23)40-26(31-22)33-24(36)21(16-18-4-2-3-5-18)19-6-8-20(9-7-19)41(37,38)35-14-12-34(13-15-35)17-27(28,29)30/h6-11,18,21H,2-5,12-17H2,1H3,(H,31,33,36). The maximum absolute atomic E-state index is 13.6. The van der Waals surface area contributed by atoms with Gasteiger partial charge in [-0.15, -0.1) is 0 Å². The number of amides is 1. The van der Waals surface area contributed by atoms with Crippen molar-refractivity contribution in [3.63, 3.8) is 0 Å². The summed E-state index contributed by atoms with van der Waals surface area (Å²) in [6, 6.07) is 9.77. The molecule has 1 saturated heterocycles. The Kier molecular flexibility index (Phi) is 8.83. The molecule has 222 valence electrons. The van der Waals surface area contributed by atoms with Gasteiger partial charge in [0, 0.05) is 32.2 Å². The van der Waals surface area contributed by atoms with Gasteiger partial charge in [0.2, 0.25) is 21.8 Å². The highest BCUT2D eigenvalue weighted by Crippen LogP contribution is 2.36. The third-order valence-corrected chi connectivity index (χ3v) is 10.5. The van der Waals surface area contributed by atoms with Gasteiger partial charge in [-0.3, -0.25) is 9.69 Å². The van der Waals surface area contributed by atoms with Crippen LogP contribution in [0.5, 0.6) is 5.88 Å². The van der Waals surface area contributed by atoms with E-state index in [4.69, 9.17) is 4.74 Å². The van der Waals surface area contributed by atoms with E-state index in [0.29, 0.717) is 39.3 Å². The summed E-state index contributed by atoms with van der Waals surface area (Å²) in [6.07, 6.45) is 0.643. The van der Waals surface area contributed by atoms with Crippen LogP contribution < -0.4 is 10.1 Å². The molecule has 1 aliphatic carbocycles. The number of anilines is 1. The van der Waals surface area contributed by atoms with E-state index in [-0.39, 0.29) is 37.0 Å². The second-order valence-corrected chi connectivity index (χ2v) is 13.4. The molecule has 0 bridgehead atoms. The minimum absolute atomic E-state index is 0.00846. The fraction of sp³-hybridized carbons (Fsp3) is 0.519. The van der Waals surface area contributed by atoms with Gasteiger partial charge in [-0.05, 0) is 36.1 Å². The molecule has 1 atom stereocenters. The van der Waals surface area contributed by atoms with Crippen LogP contribution in [0.3, 0.4) is 0 Å². The number of hydrogen-bond acceptors (Lipinski definition) is 8. The fourth-order valence-electron chi connectivity index (χ4n) is 5.54. The molecule has 0 radical (unpaired) electrons. The number of sulfonamides is 1. The van der Waals surface area contributed by atoms with Crippen molar-refractivity contribution in [2.24, 2.45) is 5.92 Å². The van der Waals surface area contributed by atoms with Gasteiger partial charge in [0.1, 0.15) is 10.3 Å². The number of carbonyl (C=O) groups excluding carboxylic acids is 1. The Morgan fingerprint density at radius 1 is 1.07 bits per heavy atom. The molecule has 41 heavy (non-hydrogen) atoms. The van der Waals surface area contributed by atoms with E-state index in [9.17, 15) is 26.4 Å². The van der Waals surface area contributed by atoms with Gasteiger partial charge in [0.25, 0.3) is 0 Å². The monoisotopic (exact) mass is 611 g/mol. The number of alkyl halides is 3. The maximum atomic E-state index is 13.6. The smallest absolute Gasteiger partial charge is 0.401 e. The Bertz CT molecular complexity index is 1470. The van der Waals surface area contributed by atoms with E-state index in [1.54, 1.807) is 24.3 Å². The number of thiazole rings is 1. The lowest BCUT2D eigenvalue weighted by molar-refractivity contribution is -0.148. The van der Waals surface area contributed by atoms with Gasteiger partial charge in [0.15, 0.2) is 5.13 Å². The van der Waals surface area contributed by atoms with Crippen LogP contribution >= 0.6 is 11.3 Å². The number of ether oxygens (including phenoxy) is 1. The van der Waals surface area contributed by atoms with E-state index in [1.807, 2.05) is 0 Å². The Morgan fingerprint density at radius 3 is 2.39 bits per heavy atom. The first-order valence-corrected chi connectivity index (χ1v) is 15.8. The number of fused-ring (bicyclic) bond motifs is 1. The number of nitrogens with one attached hydrogen (secondary N) is 1. The van der Waals surface area contributed by atoms with Crippen molar-refractivity contribution in [3.05, 3.63) is 42.0 Å². The first kappa shape index (κ1) is 29.7. The van der Waals surface area contributed by atoms with E-state index in [1.165, 1.54) is 39.8 Å². The van der Waals surface area contributed by atoms with E-state index in [0.717, 1.165) is 25.7 Å². The van der Waals surface area contributed by atoms with Crippen LogP contribution in [0.25, 0.3) is 10.3 Å². The molecule has 3 heterocycles. The zero-order chi connectivity index (χ0) is 29.2. The maximum Gasteiger partial charge on any atom is 0.401 e. The van der Waals surface area contributed by atoms with E-state index < -0.39 is 28.7 Å². The first-order chi connectivity index (χ1) is 19.5. The topological polar surface area (TPSA) is 105 Å². The summed E-state index contributed by atoms with van der Waals surface area (Å²) in [4.78, 5) is 24.3. The van der Waals surface area contributed by atoms with Gasteiger partial charge in [-0.1, -0.05) is 49.2 Å². The molecule has 1 aliphatic heterocycles. The average molecular weight is 612 g/mol. The Hall–Kier alpha value is -2.81. The molecule has 0 spiro atoms. The summed E-state index contributed by atoms with van der Waals surface area (Å²) in [5.74, 6) is 0.120. The Morgan fingerprint density at radius 2 is 1.76 bits per heavy atom.